The zero-order chi connectivity index (χ0) is 16.3. The first-order valence-electron chi connectivity index (χ1n) is 9.22. The molecule has 1 aliphatic rings. The molecule has 0 bridgehead atoms. The summed E-state index contributed by atoms with van der Waals surface area (Å²) in [6.07, 6.45) is 12.2. The Morgan fingerprint density at radius 3 is 2.70 bits per heavy atom. The molecule has 1 aliphatic heterocycles. The number of aryl methyl sites for hydroxylation is 1. The van der Waals surface area contributed by atoms with Gasteiger partial charge in [0.15, 0.2) is 0 Å². The van der Waals surface area contributed by atoms with E-state index < -0.39 is 0 Å². The molecular weight excluding hydrogens is 290 g/mol. The van der Waals surface area contributed by atoms with E-state index in [1.54, 1.807) is 12.1 Å². The summed E-state index contributed by atoms with van der Waals surface area (Å²) in [6, 6.07) is 3.33. The molecule has 1 aromatic rings. The van der Waals surface area contributed by atoms with Gasteiger partial charge in [0.05, 0.1) is 6.10 Å². The zero-order valence-corrected chi connectivity index (χ0v) is 14.4. The van der Waals surface area contributed by atoms with Crippen molar-refractivity contribution in [1.82, 2.24) is 4.98 Å². The lowest BCUT2D eigenvalue weighted by Crippen LogP contribution is -2.16. The number of pyridine rings is 1. The van der Waals surface area contributed by atoms with Crippen molar-refractivity contribution < 1.29 is 14.6 Å². The molecular formula is C19H31NO3. The smallest absolute Gasteiger partial charge is 0.217 e. The molecule has 23 heavy (non-hydrogen) atoms. The first-order valence-corrected chi connectivity index (χ1v) is 9.22. The lowest BCUT2D eigenvalue weighted by molar-refractivity contribution is 0.0661. The van der Waals surface area contributed by atoms with Crippen molar-refractivity contribution in [2.45, 2.75) is 77.2 Å². The molecule has 1 fully saturated rings. The first-order chi connectivity index (χ1) is 11.3. The second kappa shape index (κ2) is 10.5. The topological polar surface area (TPSA) is 51.6 Å². The van der Waals surface area contributed by atoms with Crippen molar-refractivity contribution in [3.05, 3.63) is 17.8 Å². The number of hydrogen-bond donors (Lipinski definition) is 1. The van der Waals surface area contributed by atoms with Crippen LogP contribution in [0.2, 0.25) is 0 Å². The molecule has 0 aliphatic carbocycles. The fraction of sp³-hybridized carbons (Fsp3) is 0.737. The molecule has 0 aromatic carbocycles. The molecule has 2 heterocycles. The molecule has 1 unspecified atom stereocenters. The second-order valence-electron chi connectivity index (χ2n) is 6.47. The Morgan fingerprint density at radius 2 is 1.96 bits per heavy atom. The highest BCUT2D eigenvalue weighted by molar-refractivity contribution is 5.29. The zero-order valence-electron chi connectivity index (χ0n) is 14.4. The average molecular weight is 321 g/mol. The van der Waals surface area contributed by atoms with Crippen LogP contribution in [-0.4, -0.2) is 29.4 Å². The Hall–Kier alpha value is -1.29. The molecule has 1 saturated heterocycles. The Bertz CT molecular complexity index is 444. The molecule has 2 rings (SSSR count). The Kier molecular flexibility index (Phi) is 8.23. The van der Waals surface area contributed by atoms with Crippen LogP contribution in [0.15, 0.2) is 12.1 Å². The summed E-state index contributed by atoms with van der Waals surface area (Å²) in [7, 11) is 0. The first kappa shape index (κ1) is 18.1. The summed E-state index contributed by atoms with van der Waals surface area (Å²) >= 11 is 0. The summed E-state index contributed by atoms with van der Waals surface area (Å²) in [4.78, 5) is 4.50. The van der Waals surface area contributed by atoms with Gasteiger partial charge in [-0.15, -0.1) is 0 Å². The maximum absolute atomic E-state index is 9.83. The minimum Gasteiger partial charge on any atom is -0.508 e. The van der Waals surface area contributed by atoms with Crippen LogP contribution >= 0.6 is 0 Å². The van der Waals surface area contributed by atoms with Crippen LogP contribution in [0, 0.1) is 0 Å². The van der Waals surface area contributed by atoms with Crippen LogP contribution in [0.3, 0.4) is 0 Å². The van der Waals surface area contributed by atoms with Crippen molar-refractivity contribution in [3.8, 4) is 11.6 Å². The number of unbranched alkanes of at least 4 members (excludes halogenated alkanes) is 6. The van der Waals surface area contributed by atoms with Gasteiger partial charge in [0.2, 0.25) is 5.88 Å². The third-order valence-electron chi connectivity index (χ3n) is 4.32. The SMILES string of the molecule is CCCCCCCCCc1cc(O)cc(OCC2CCCO2)n1. The fourth-order valence-corrected chi connectivity index (χ4v) is 2.96. The van der Waals surface area contributed by atoms with Crippen LogP contribution in [0.5, 0.6) is 11.6 Å². The van der Waals surface area contributed by atoms with Crippen LogP contribution in [0.4, 0.5) is 0 Å². The molecule has 0 spiro atoms. The molecule has 4 heteroatoms. The largest absolute Gasteiger partial charge is 0.508 e. The average Bonchev–Trinajstić information content (AvgIpc) is 3.05. The number of hydrogen-bond acceptors (Lipinski definition) is 4. The van der Waals surface area contributed by atoms with Crippen molar-refractivity contribution >= 4 is 0 Å². The number of aromatic nitrogens is 1. The third-order valence-corrected chi connectivity index (χ3v) is 4.32. The maximum atomic E-state index is 9.83. The van der Waals surface area contributed by atoms with E-state index in [-0.39, 0.29) is 11.9 Å². The van der Waals surface area contributed by atoms with E-state index in [4.69, 9.17) is 9.47 Å². The van der Waals surface area contributed by atoms with Gasteiger partial charge in [0, 0.05) is 24.4 Å². The number of ether oxygens (including phenoxy) is 2. The van der Waals surface area contributed by atoms with E-state index in [2.05, 4.69) is 11.9 Å². The van der Waals surface area contributed by atoms with Gasteiger partial charge in [-0.3, -0.25) is 0 Å². The number of nitrogens with zero attached hydrogens (tertiary/aromatic N) is 1. The quantitative estimate of drug-likeness (QED) is 0.603. The van der Waals surface area contributed by atoms with Crippen LogP contribution in [0.25, 0.3) is 0 Å². The van der Waals surface area contributed by atoms with Crippen molar-refractivity contribution in [3.63, 3.8) is 0 Å². The minimum atomic E-state index is 0.172. The van der Waals surface area contributed by atoms with Gasteiger partial charge in [-0.25, -0.2) is 4.98 Å². The van der Waals surface area contributed by atoms with E-state index >= 15 is 0 Å². The molecule has 0 amide bonds. The van der Waals surface area contributed by atoms with Crippen molar-refractivity contribution in [1.29, 1.82) is 0 Å². The standard InChI is InChI=1S/C19H31NO3/c1-2-3-4-5-6-7-8-10-16-13-17(21)14-19(20-16)23-15-18-11-9-12-22-18/h13-14,18H,2-12,15H2,1H3,(H,20,21). The Balaban J connectivity index is 1.69. The predicted molar refractivity (Wildman–Crippen MR) is 92.1 cm³/mol. The molecule has 130 valence electrons. The molecule has 1 N–H and O–H groups in total. The van der Waals surface area contributed by atoms with E-state index in [0.717, 1.165) is 38.0 Å². The van der Waals surface area contributed by atoms with Gasteiger partial charge in [0.25, 0.3) is 0 Å². The minimum absolute atomic E-state index is 0.172. The summed E-state index contributed by atoms with van der Waals surface area (Å²) in [5.74, 6) is 0.749. The number of aromatic hydroxyl groups is 1. The Morgan fingerprint density at radius 1 is 1.17 bits per heavy atom. The maximum Gasteiger partial charge on any atom is 0.217 e. The lowest BCUT2D eigenvalue weighted by Gasteiger charge is -2.12. The predicted octanol–water partition coefficient (Wildman–Crippen LogP) is 4.64. The lowest BCUT2D eigenvalue weighted by atomic mass is 10.1. The highest BCUT2D eigenvalue weighted by atomic mass is 16.5. The summed E-state index contributed by atoms with van der Waals surface area (Å²) in [5, 5.41) is 9.83. The highest BCUT2D eigenvalue weighted by Gasteiger charge is 2.16. The van der Waals surface area contributed by atoms with Crippen LogP contribution in [0.1, 0.15) is 70.4 Å². The van der Waals surface area contributed by atoms with Crippen molar-refractivity contribution in [2.75, 3.05) is 13.2 Å². The van der Waals surface area contributed by atoms with Gasteiger partial charge in [-0.2, -0.15) is 0 Å². The third kappa shape index (κ3) is 7.21. The summed E-state index contributed by atoms with van der Waals surface area (Å²) < 4.78 is 11.2. The van der Waals surface area contributed by atoms with E-state index in [0.29, 0.717) is 12.5 Å². The molecule has 0 radical (unpaired) electrons. The van der Waals surface area contributed by atoms with E-state index in [1.807, 2.05) is 0 Å². The molecule has 4 nitrogen and oxygen atoms in total. The van der Waals surface area contributed by atoms with Gasteiger partial charge >= 0.3 is 0 Å². The van der Waals surface area contributed by atoms with E-state index in [1.165, 1.54) is 38.5 Å². The van der Waals surface area contributed by atoms with Gasteiger partial charge in [0.1, 0.15) is 12.4 Å². The van der Waals surface area contributed by atoms with Gasteiger partial charge < -0.3 is 14.6 Å². The number of rotatable bonds is 11. The second-order valence-corrected chi connectivity index (χ2v) is 6.47. The summed E-state index contributed by atoms with van der Waals surface area (Å²) in [5.41, 5.74) is 0.917. The highest BCUT2D eigenvalue weighted by Crippen LogP contribution is 2.21. The molecule has 0 saturated carbocycles. The Labute approximate surface area is 140 Å². The van der Waals surface area contributed by atoms with Gasteiger partial charge in [-0.05, 0) is 25.7 Å². The van der Waals surface area contributed by atoms with E-state index in [9.17, 15) is 5.11 Å². The van der Waals surface area contributed by atoms with Gasteiger partial charge in [-0.1, -0.05) is 45.4 Å². The monoisotopic (exact) mass is 321 g/mol. The van der Waals surface area contributed by atoms with Crippen molar-refractivity contribution in [2.24, 2.45) is 0 Å². The molecule has 1 aromatic heterocycles. The molecule has 1 atom stereocenters. The summed E-state index contributed by atoms with van der Waals surface area (Å²) in [6.45, 7) is 3.59. The van der Waals surface area contributed by atoms with Crippen LogP contribution < -0.4 is 4.74 Å². The normalized spacial score (nSPS) is 17.5. The fourth-order valence-electron chi connectivity index (χ4n) is 2.96. The van der Waals surface area contributed by atoms with Crippen LogP contribution in [-0.2, 0) is 11.2 Å².